The predicted octanol–water partition coefficient (Wildman–Crippen LogP) is 5.58. The van der Waals surface area contributed by atoms with Gasteiger partial charge in [-0.1, -0.05) is 64.1 Å². The molecule has 4 rings (SSSR count). The summed E-state index contributed by atoms with van der Waals surface area (Å²) in [7, 11) is 0. The monoisotopic (exact) mass is 440 g/mol. The number of benzene rings is 3. The summed E-state index contributed by atoms with van der Waals surface area (Å²) in [5.74, 6) is 0.161. The van der Waals surface area contributed by atoms with Crippen LogP contribution in [0.2, 0.25) is 0 Å². The lowest BCUT2D eigenvalue weighted by atomic mass is 10.2. The fourth-order valence-corrected chi connectivity index (χ4v) is 4.01. The third-order valence-corrected chi connectivity index (χ3v) is 5.66. The molecule has 0 bridgehead atoms. The summed E-state index contributed by atoms with van der Waals surface area (Å²) in [5, 5.41) is 0.931. The molecular weight excluding hydrogens is 427 g/mol. The van der Waals surface area contributed by atoms with E-state index >= 15 is 0 Å². The van der Waals surface area contributed by atoms with Crippen LogP contribution in [0.4, 0.5) is 4.39 Å². The van der Waals surface area contributed by atoms with Crippen molar-refractivity contribution in [1.29, 1.82) is 0 Å². The second-order valence-electron chi connectivity index (χ2n) is 5.92. The van der Waals surface area contributed by atoms with E-state index < -0.39 is 5.82 Å². The number of halogens is 2. The van der Waals surface area contributed by atoms with Crippen molar-refractivity contribution in [2.75, 3.05) is 0 Å². The molecule has 3 aromatic carbocycles. The van der Waals surface area contributed by atoms with Crippen molar-refractivity contribution < 1.29 is 4.39 Å². The lowest BCUT2D eigenvalue weighted by molar-refractivity contribution is 0.608. The molecule has 0 spiro atoms. The van der Waals surface area contributed by atoms with Crippen molar-refractivity contribution in [1.82, 2.24) is 9.55 Å². The molecule has 0 unspecified atom stereocenters. The Labute approximate surface area is 168 Å². The van der Waals surface area contributed by atoms with Crippen LogP contribution in [-0.2, 0) is 5.75 Å². The Morgan fingerprint density at radius 1 is 0.963 bits per heavy atom. The minimum absolute atomic E-state index is 0.207. The summed E-state index contributed by atoms with van der Waals surface area (Å²) >= 11 is 4.83. The molecule has 27 heavy (non-hydrogen) atoms. The van der Waals surface area contributed by atoms with Gasteiger partial charge in [0.2, 0.25) is 0 Å². The topological polar surface area (TPSA) is 34.9 Å². The lowest BCUT2D eigenvalue weighted by Crippen LogP contribution is -2.22. The van der Waals surface area contributed by atoms with Crippen LogP contribution in [-0.4, -0.2) is 9.55 Å². The Hall–Kier alpha value is -2.44. The molecule has 0 fully saturated rings. The molecule has 0 aliphatic rings. The summed E-state index contributed by atoms with van der Waals surface area (Å²) in [6.07, 6.45) is 0. The van der Waals surface area contributed by atoms with E-state index in [1.54, 1.807) is 36.4 Å². The van der Waals surface area contributed by atoms with Gasteiger partial charge in [0.15, 0.2) is 5.16 Å². The van der Waals surface area contributed by atoms with Crippen LogP contribution in [0.3, 0.4) is 0 Å². The van der Waals surface area contributed by atoms with Gasteiger partial charge in [0.05, 0.1) is 16.6 Å². The quantitative estimate of drug-likeness (QED) is 0.306. The van der Waals surface area contributed by atoms with Gasteiger partial charge in [0.1, 0.15) is 5.82 Å². The average molecular weight is 441 g/mol. The first-order valence-electron chi connectivity index (χ1n) is 8.27. The van der Waals surface area contributed by atoms with E-state index in [2.05, 4.69) is 20.9 Å². The number of hydrogen-bond acceptors (Lipinski definition) is 3. The van der Waals surface area contributed by atoms with Gasteiger partial charge in [-0.05, 0) is 42.0 Å². The fourth-order valence-electron chi connectivity index (χ4n) is 2.78. The van der Waals surface area contributed by atoms with Gasteiger partial charge in [-0.2, -0.15) is 0 Å². The second kappa shape index (κ2) is 7.66. The van der Waals surface area contributed by atoms with Crippen LogP contribution in [0.1, 0.15) is 5.56 Å². The van der Waals surface area contributed by atoms with E-state index in [1.807, 2.05) is 30.3 Å². The van der Waals surface area contributed by atoms with Gasteiger partial charge in [-0.3, -0.25) is 9.36 Å². The van der Waals surface area contributed by atoms with E-state index in [0.29, 0.717) is 21.8 Å². The average Bonchev–Trinajstić information content (AvgIpc) is 2.69. The first kappa shape index (κ1) is 17.9. The van der Waals surface area contributed by atoms with E-state index in [9.17, 15) is 9.18 Å². The molecule has 1 aromatic heterocycles. The number of aromatic nitrogens is 2. The van der Waals surface area contributed by atoms with Crippen LogP contribution in [0.5, 0.6) is 0 Å². The smallest absolute Gasteiger partial charge is 0.266 e. The maximum absolute atomic E-state index is 14.4. The highest BCUT2D eigenvalue weighted by molar-refractivity contribution is 9.10. The number of nitrogens with zero attached hydrogens (tertiary/aromatic N) is 2. The third kappa shape index (κ3) is 3.68. The third-order valence-electron chi connectivity index (χ3n) is 4.12. The zero-order chi connectivity index (χ0) is 18.8. The van der Waals surface area contributed by atoms with Crippen LogP contribution in [0.15, 0.2) is 87.2 Å². The molecule has 0 aliphatic heterocycles. The maximum atomic E-state index is 14.4. The molecule has 0 N–H and O–H groups in total. The highest BCUT2D eigenvalue weighted by Crippen LogP contribution is 2.26. The summed E-state index contributed by atoms with van der Waals surface area (Å²) < 4.78 is 16.8. The summed E-state index contributed by atoms with van der Waals surface area (Å²) in [4.78, 5) is 17.7. The molecule has 3 nitrogen and oxygen atoms in total. The van der Waals surface area contributed by atoms with Gasteiger partial charge in [0.25, 0.3) is 5.56 Å². The Balaban J connectivity index is 1.85. The van der Waals surface area contributed by atoms with E-state index in [1.165, 1.54) is 22.4 Å². The molecule has 4 aromatic rings. The highest BCUT2D eigenvalue weighted by atomic mass is 79.9. The molecule has 6 heteroatoms. The highest BCUT2D eigenvalue weighted by Gasteiger charge is 2.15. The van der Waals surface area contributed by atoms with Gasteiger partial charge in [-0.25, -0.2) is 9.37 Å². The molecule has 0 amide bonds. The van der Waals surface area contributed by atoms with Crippen molar-refractivity contribution >= 4 is 38.6 Å². The molecule has 0 aliphatic carbocycles. The molecule has 0 saturated heterocycles. The van der Waals surface area contributed by atoms with E-state index in [-0.39, 0.29) is 11.2 Å². The van der Waals surface area contributed by atoms with Crippen molar-refractivity contribution in [2.24, 2.45) is 0 Å². The lowest BCUT2D eigenvalue weighted by Gasteiger charge is -2.14. The first-order valence-corrected chi connectivity index (χ1v) is 10.1. The zero-order valence-corrected chi connectivity index (χ0v) is 16.5. The van der Waals surface area contributed by atoms with Gasteiger partial charge < -0.3 is 0 Å². The Kier molecular flexibility index (Phi) is 5.09. The van der Waals surface area contributed by atoms with Gasteiger partial charge in [-0.15, -0.1) is 0 Å². The summed E-state index contributed by atoms with van der Waals surface area (Å²) in [5.41, 5.74) is 1.63. The largest absolute Gasteiger partial charge is 0.268 e. The molecule has 0 atom stereocenters. The van der Waals surface area contributed by atoms with Crippen LogP contribution < -0.4 is 5.56 Å². The fraction of sp³-hybridized carbons (Fsp3) is 0.0476. The molecular formula is C21H14BrFN2OS. The van der Waals surface area contributed by atoms with Crippen molar-refractivity contribution in [3.63, 3.8) is 0 Å². The van der Waals surface area contributed by atoms with Gasteiger partial charge in [0, 0.05) is 10.2 Å². The number of rotatable bonds is 4. The second-order valence-corrected chi connectivity index (χ2v) is 7.78. The van der Waals surface area contributed by atoms with Crippen molar-refractivity contribution in [3.8, 4) is 5.69 Å². The molecule has 0 radical (unpaired) electrons. The molecule has 1 heterocycles. The van der Waals surface area contributed by atoms with Crippen molar-refractivity contribution in [3.05, 3.63) is 99.0 Å². The number of hydrogen-bond donors (Lipinski definition) is 0. The van der Waals surface area contributed by atoms with Crippen LogP contribution >= 0.6 is 27.7 Å². The normalized spacial score (nSPS) is 11.0. The van der Waals surface area contributed by atoms with Crippen LogP contribution in [0, 0.1) is 5.82 Å². The SMILES string of the molecule is O=c1c2ccccc2nc(SCc2ccc(Br)cc2)n1-c1ccccc1F. The number of thioether (sulfide) groups is 1. The van der Waals surface area contributed by atoms with Gasteiger partial charge >= 0.3 is 0 Å². The number of para-hydroxylation sites is 2. The van der Waals surface area contributed by atoms with E-state index in [0.717, 1.165) is 10.0 Å². The van der Waals surface area contributed by atoms with E-state index in [4.69, 9.17) is 0 Å². The van der Waals surface area contributed by atoms with Crippen LogP contribution in [0.25, 0.3) is 16.6 Å². The maximum Gasteiger partial charge on any atom is 0.266 e. The summed E-state index contributed by atoms with van der Waals surface area (Å²) in [6, 6.07) is 21.3. The Bertz CT molecular complexity index is 1170. The standard InChI is InChI=1S/C21H14BrFN2OS/c22-15-11-9-14(10-12-15)13-27-21-24-18-7-3-1-5-16(18)20(26)25(21)19-8-4-2-6-17(19)23/h1-12H,13H2. The Morgan fingerprint density at radius 3 is 2.44 bits per heavy atom. The zero-order valence-electron chi connectivity index (χ0n) is 14.1. The minimum atomic E-state index is -0.456. The molecule has 0 saturated carbocycles. The summed E-state index contributed by atoms with van der Waals surface area (Å²) in [6.45, 7) is 0. The first-order chi connectivity index (χ1) is 13.1. The van der Waals surface area contributed by atoms with Crippen molar-refractivity contribution in [2.45, 2.75) is 10.9 Å². The molecule has 134 valence electrons. The predicted molar refractivity (Wildman–Crippen MR) is 111 cm³/mol. The number of fused-ring (bicyclic) bond motifs is 1. The minimum Gasteiger partial charge on any atom is -0.268 e. The Morgan fingerprint density at radius 2 is 1.67 bits per heavy atom.